The SMILES string of the molecule is CC(C)(C)OC(=O)COc1cccc2c1C(=O)N(C1CCC(=O)N(CC(=O)OC(C)(C)C)C1=O)C2=O. The van der Waals surface area contributed by atoms with Gasteiger partial charge in [-0.15, -0.1) is 0 Å². The highest BCUT2D eigenvalue weighted by atomic mass is 16.6. The zero-order chi connectivity index (χ0) is 27.0. The average molecular weight is 503 g/mol. The first-order valence-corrected chi connectivity index (χ1v) is 11.5. The van der Waals surface area contributed by atoms with Gasteiger partial charge in [-0.2, -0.15) is 0 Å². The molecule has 0 saturated carbocycles. The Morgan fingerprint density at radius 2 is 1.53 bits per heavy atom. The molecule has 0 spiro atoms. The summed E-state index contributed by atoms with van der Waals surface area (Å²) in [6.45, 7) is 8.92. The Balaban J connectivity index is 1.80. The molecule has 1 unspecified atom stereocenters. The minimum atomic E-state index is -1.28. The molecule has 0 aromatic heterocycles. The third-order valence-corrected chi connectivity index (χ3v) is 5.18. The second kappa shape index (κ2) is 9.71. The van der Waals surface area contributed by atoms with Crippen molar-refractivity contribution in [3.8, 4) is 5.75 Å². The number of nitrogens with zero attached hydrogens (tertiary/aromatic N) is 2. The maximum atomic E-state index is 13.3. The molecule has 1 saturated heterocycles. The van der Waals surface area contributed by atoms with Crippen LogP contribution in [0.5, 0.6) is 5.75 Å². The number of rotatable bonds is 6. The van der Waals surface area contributed by atoms with Crippen molar-refractivity contribution in [1.29, 1.82) is 0 Å². The quantitative estimate of drug-likeness (QED) is 0.422. The number of benzene rings is 1. The molecule has 11 nitrogen and oxygen atoms in total. The molecule has 1 atom stereocenters. The van der Waals surface area contributed by atoms with E-state index in [4.69, 9.17) is 14.2 Å². The summed E-state index contributed by atoms with van der Waals surface area (Å²) in [5, 5.41) is 0. The molecule has 1 aromatic rings. The van der Waals surface area contributed by atoms with Gasteiger partial charge in [-0.1, -0.05) is 6.07 Å². The van der Waals surface area contributed by atoms with Crippen molar-refractivity contribution in [3.63, 3.8) is 0 Å². The van der Waals surface area contributed by atoms with Crippen LogP contribution < -0.4 is 4.74 Å². The minimum Gasteiger partial charge on any atom is -0.481 e. The fourth-order valence-electron chi connectivity index (χ4n) is 3.91. The Bertz CT molecular complexity index is 1130. The van der Waals surface area contributed by atoms with Crippen LogP contribution in [0.15, 0.2) is 18.2 Å². The number of carbonyl (C=O) groups excluding carboxylic acids is 6. The zero-order valence-electron chi connectivity index (χ0n) is 21.2. The van der Waals surface area contributed by atoms with Gasteiger partial charge in [-0.05, 0) is 60.1 Å². The molecule has 194 valence electrons. The number of hydrogen-bond donors (Lipinski definition) is 0. The number of piperidine rings is 1. The Morgan fingerprint density at radius 1 is 0.917 bits per heavy atom. The summed E-state index contributed by atoms with van der Waals surface area (Å²) in [6.07, 6.45) is -0.226. The third kappa shape index (κ3) is 5.89. The molecule has 0 radical (unpaired) electrons. The Hall–Kier alpha value is -3.76. The average Bonchev–Trinajstić information content (AvgIpc) is 2.98. The van der Waals surface area contributed by atoms with Crippen molar-refractivity contribution in [2.24, 2.45) is 0 Å². The first-order valence-electron chi connectivity index (χ1n) is 11.5. The van der Waals surface area contributed by atoms with Crippen LogP contribution in [0.3, 0.4) is 0 Å². The summed E-state index contributed by atoms with van der Waals surface area (Å²) in [4.78, 5) is 77.8. The molecule has 11 heteroatoms. The predicted molar refractivity (Wildman–Crippen MR) is 124 cm³/mol. The lowest BCUT2D eigenvalue weighted by Gasteiger charge is -2.34. The van der Waals surface area contributed by atoms with Crippen molar-refractivity contribution < 1.29 is 43.0 Å². The van der Waals surface area contributed by atoms with E-state index in [9.17, 15) is 28.8 Å². The van der Waals surface area contributed by atoms with Crippen LogP contribution in [0.25, 0.3) is 0 Å². The number of imide groups is 2. The Labute approximate surface area is 208 Å². The number of carbonyl (C=O) groups is 6. The molecular formula is C25H30N2O9. The van der Waals surface area contributed by atoms with Crippen LogP contribution in [0, 0.1) is 0 Å². The molecule has 1 fully saturated rings. The predicted octanol–water partition coefficient (Wildman–Crippen LogP) is 1.86. The fraction of sp³-hybridized carbons (Fsp3) is 0.520. The number of likely N-dealkylation sites (tertiary alicyclic amines) is 1. The van der Waals surface area contributed by atoms with E-state index in [1.165, 1.54) is 18.2 Å². The van der Waals surface area contributed by atoms with Crippen LogP contribution in [0.1, 0.15) is 75.1 Å². The van der Waals surface area contributed by atoms with Gasteiger partial charge in [0.05, 0.1) is 11.1 Å². The second-order valence-corrected chi connectivity index (χ2v) is 10.5. The molecule has 36 heavy (non-hydrogen) atoms. The molecule has 2 heterocycles. The minimum absolute atomic E-state index is 0.00470. The summed E-state index contributed by atoms with van der Waals surface area (Å²) in [7, 11) is 0. The number of hydrogen-bond acceptors (Lipinski definition) is 9. The van der Waals surface area contributed by atoms with Gasteiger partial charge in [-0.3, -0.25) is 33.8 Å². The van der Waals surface area contributed by atoms with E-state index in [1.807, 2.05) is 0 Å². The van der Waals surface area contributed by atoms with E-state index in [0.717, 1.165) is 4.90 Å². The van der Waals surface area contributed by atoms with E-state index >= 15 is 0 Å². The highest BCUT2D eigenvalue weighted by molar-refractivity contribution is 6.24. The largest absolute Gasteiger partial charge is 0.481 e. The number of ether oxygens (including phenoxy) is 3. The van der Waals surface area contributed by atoms with E-state index in [0.29, 0.717) is 4.90 Å². The number of esters is 2. The van der Waals surface area contributed by atoms with Gasteiger partial charge in [0.1, 0.15) is 29.5 Å². The van der Waals surface area contributed by atoms with Crippen molar-refractivity contribution >= 4 is 35.6 Å². The molecule has 0 aliphatic carbocycles. The van der Waals surface area contributed by atoms with E-state index in [1.54, 1.807) is 41.5 Å². The fourth-order valence-corrected chi connectivity index (χ4v) is 3.91. The van der Waals surface area contributed by atoms with Crippen LogP contribution >= 0.6 is 0 Å². The smallest absolute Gasteiger partial charge is 0.344 e. The zero-order valence-corrected chi connectivity index (χ0v) is 21.2. The van der Waals surface area contributed by atoms with Crippen molar-refractivity contribution in [2.75, 3.05) is 13.2 Å². The van der Waals surface area contributed by atoms with Gasteiger partial charge < -0.3 is 14.2 Å². The molecule has 4 amide bonds. The van der Waals surface area contributed by atoms with Crippen LogP contribution in [0.4, 0.5) is 0 Å². The van der Waals surface area contributed by atoms with Crippen LogP contribution in [-0.2, 0) is 28.7 Å². The maximum absolute atomic E-state index is 13.3. The molecule has 2 aliphatic rings. The van der Waals surface area contributed by atoms with Crippen molar-refractivity contribution in [1.82, 2.24) is 9.80 Å². The third-order valence-electron chi connectivity index (χ3n) is 5.18. The highest BCUT2D eigenvalue weighted by Gasteiger charge is 2.48. The summed E-state index contributed by atoms with van der Waals surface area (Å²) in [5.74, 6) is -4.42. The van der Waals surface area contributed by atoms with Crippen LogP contribution in [0.2, 0.25) is 0 Å². The first-order chi connectivity index (χ1) is 16.6. The van der Waals surface area contributed by atoms with Gasteiger partial charge >= 0.3 is 11.9 Å². The van der Waals surface area contributed by atoms with E-state index in [2.05, 4.69) is 0 Å². The summed E-state index contributed by atoms with van der Waals surface area (Å²) in [5.41, 5.74) is -1.64. The lowest BCUT2D eigenvalue weighted by Crippen LogP contribution is -2.57. The van der Waals surface area contributed by atoms with Crippen molar-refractivity contribution in [2.45, 2.75) is 71.6 Å². The van der Waals surface area contributed by atoms with Crippen molar-refractivity contribution in [3.05, 3.63) is 29.3 Å². The molecule has 0 N–H and O–H groups in total. The van der Waals surface area contributed by atoms with Gasteiger partial charge in [0.2, 0.25) is 5.91 Å². The topological polar surface area (TPSA) is 137 Å². The maximum Gasteiger partial charge on any atom is 0.344 e. The van der Waals surface area contributed by atoms with E-state index < -0.39 is 66.0 Å². The monoisotopic (exact) mass is 502 g/mol. The van der Waals surface area contributed by atoms with E-state index in [-0.39, 0.29) is 29.7 Å². The molecule has 2 aliphatic heterocycles. The number of amides is 4. The summed E-state index contributed by atoms with van der Waals surface area (Å²) < 4.78 is 15.9. The lowest BCUT2D eigenvalue weighted by molar-refractivity contribution is -0.165. The first kappa shape index (κ1) is 26.8. The summed E-state index contributed by atoms with van der Waals surface area (Å²) in [6, 6.07) is 3.04. The Morgan fingerprint density at radius 3 is 2.14 bits per heavy atom. The summed E-state index contributed by atoms with van der Waals surface area (Å²) >= 11 is 0. The molecule has 0 bridgehead atoms. The second-order valence-electron chi connectivity index (χ2n) is 10.5. The molecule has 3 rings (SSSR count). The standard InChI is InChI=1S/C25H30N2O9/c1-24(2,3)35-18(29)12-26-17(28)11-10-15(22(26)32)27-21(31)14-8-7-9-16(20(14)23(27)33)34-13-19(30)36-25(4,5)6/h7-9,15H,10-13H2,1-6H3. The normalized spacial score (nSPS) is 18.3. The number of fused-ring (bicyclic) bond motifs is 1. The van der Waals surface area contributed by atoms with Gasteiger partial charge in [0.15, 0.2) is 6.61 Å². The van der Waals surface area contributed by atoms with Gasteiger partial charge in [-0.25, -0.2) is 4.79 Å². The molecule has 1 aromatic carbocycles. The van der Waals surface area contributed by atoms with Crippen LogP contribution in [-0.4, -0.2) is 75.8 Å². The highest BCUT2D eigenvalue weighted by Crippen LogP contribution is 2.34. The lowest BCUT2D eigenvalue weighted by atomic mass is 10.0. The van der Waals surface area contributed by atoms with Gasteiger partial charge in [0, 0.05) is 6.42 Å². The Kier molecular flexibility index (Phi) is 7.24. The molecular weight excluding hydrogens is 472 g/mol. The van der Waals surface area contributed by atoms with Gasteiger partial charge in [0.25, 0.3) is 17.7 Å².